The average molecular weight is 440 g/mol. The van der Waals surface area contributed by atoms with E-state index in [1.807, 2.05) is 0 Å². The van der Waals surface area contributed by atoms with Gasteiger partial charge in [-0.1, -0.05) is 35.3 Å². The normalized spacial score (nSPS) is 12.2. The van der Waals surface area contributed by atoms with Crippen LogP contribution in [-0.2, 0) is 10.0 Å². The van der Waals surface area contributed by atoms with Gasteiger partial charge in [0.1, 0.15) is 5.75 Å². The number of alkyl halides is 3. The average Bonchev–Trinajstić information content (AvgIpc) is 2.52. The Balaban J connectivity index is 2.08. The maximum Gasteiger partial charge on any atom is 0.573 e. The van der Waals surface area contributed by atoms with Gasteiger partial charge in [0.15, 0.2) is 0 Å². The Morgan fingerprint density at radius 2 is 1.70 bits per heavy atom. The lowest BCUT2D eigenvalue weighted by atomic mass is 10.2. The van der Waals surface area contributed by atoms with Crippen LogP contribution in [0.1, 0.15) is 15.9 Å². The molecule has 2 aromatic carbocycles. The van der Waals surface area contributed by atoms with Crippen molar-refractivity contribution in [2.45, 2.75) is 6.36 Å². The van der Waals surface area contributed by atoms with Crippen LogP contribution in [0.4, 0.5) is 13.2 Å². The van der Waals surface area contributed by atoms with Crippen molar-refractivity contribution in [2.75, 3.05) is 0 Å². The van der Waals surface area contributed by atoms with E-state index in [1.54, 1.807) is 4.72 Å². The number of carbonyl (C=O) groups excluding carboxylic acids is 1. The molecule has 0 saturated carbocycles. The number of hydrogen-bond donors (Lipinski definition) is 1. The van der Waals surface area contributed by atoms with Crippen molar-refractivity contribution in [3.8, 4) is 5.75 Å². The highest BCUT2D eigenvalue weighted by Crippen LogP contribution is 2.23. The van der Waals surface area contributed by atoms with E-state index in [0.717, 1.165) is 18.2 Å². The van der Waals surface area contributed by atoms with Crippen molar-refractivity contribution < 1.29 is 31.1 Å². The number of carbonyl (C=O) groups is 1. The zero-order chi connectivity index (χ0) is 20.2. The minimum atomic E-state index is -4.83. The van der Waals surface area contributed by atoms with Gasteiger partial charge in [0.05, 0.1) is 16.0 Å². The molecule has 0 atom stereocenters. The number of nitrogens with one attached hydrogen (secondary N) is 1. The molecule has 0 aromatic heterocycles. The van der Waals surface area contributed by atoms with Gasteiger partial charge in [0, 0.05) is 5.02 Å². The summed E-state index contributed by atoms with van der Waals surface area (Å²) in [6.45, 7) is 0. The maximum absolute atomic E-state index is 12.1. The van der Waals surface area contributed by atoms with Gasteiger partial charge >= 0.3 is 6.36 Å². The van der Waals surface area contributed by atoms with E-state index < -0.39 is 28.0 Å². The summed E-state index contributed by atoms with van der Waals surface area (Å²) in [4.78, 5) is 12.0. The predicted molar refractivity (Wildman–Crippen MR) is 95.0 cm³/mol. The highest BCUT2D eigenvalue weighted by molar-refractivity contribution is 7.93. The smallest absolute Gasteiger partial charge is 0.406 e. The van der Waals surface area contributed by atoms with Crippen molar-refractivity contribution in [2.24, 2.45) is 0 Å². The van der Waals surface area contributed by atoms with E-state index in [0.29, 0.717) is 5.41 Å². The maximum atomic E-state index is 12.1. The summed E-state index contributed by atoms with van der Waals surface area (Å²) in [5.74, 6) is -1.41. The molecule has 0 aliphatic heterocycles. The van der Waals surface area contributed by atoms with Crippen LogP contribution in [0.5, 0.6) is 5.75 Å². The second-order valence-corrected chi connectivity index (χ2v) is 7.43. The first kappa shape index (κ1) is 21.1. The molecule has 2 aromatic rings. The fourth-order valence-electron chi connectivity index (χ4n) is 1.84. The molecule has 2 rings (SSSR count). The Bertz CT molecular complexity index is 974. The number of sulfonamides is 1. The Hall–Kier alpha value is -2.23. The lowest BCUT2D eigenvalue weighted by Crippen LogP contribution is -2.29. The van der Waals surface area contributed by atoms with Crippen LogP contribution in [0.15, 0.2) is 47.9 Å². The summed E-state index contributed by atoms with van der Waals surface area (Å²) in [5, 5.41) is 0.936. The summed E-state index contributed by atoms with van der Waals surface area (Å²) < 4.78 is 65.7. The Labute approximate surface area is 162 Å². The fourth-order valence-corrected chi connectivity index (χ4v) is 3.11. The van der Waals surface area contributed by atoms with Crippen molar-refractivity contribution in [3.05, 3.63) is 69.0 Å². The molecule has 0 fully saturated rings. The summed E-state index contributed by atoms with van der Waals surface area (Å²) in [5.41, 5.74) is 0.179. The molecular formula is C16H10Cl2F3NO4S. The Kier molecular flexibility index (Phi) is 6.40. The van der Waals surface area contributed by atoms with Gasteiger partial charge in [-0.05, 0) is 42.0 Å². The second-order valence-electron chi connectivity index (χ2n) is 5.02. The van der Waals surface area contributed by atoms with Gasteiger partial charge < -0.3 is 4.74 Å². The number of benzene rings is 2. The Morgan fingerprint density at radius 1 is 1.07 bits per heavy atom. The second kappa shape index (κ2) is 8.20. The molecule has 0 heterocycles. The van der Waals surface area contributed by atoms with E-state index in [4.69, 9.17) is 23.2 Å². The third-order valence-electron chi connectivity index (χ3n) is 2.96. The van der Waals surface area contributed by atoms with Crippen LogP contribution in [-0.4, -0.2) is 20.7 Å². The van der Waals surface area contributed by atoms with Gasteiger partial charge in [-0.15, -0.1) is 13.2 Å². The van der Waals surface area contributed by atoms with Gasteiger partial charge in [0.2, 0.25) is 0 Å². The molecule has 0 unspecified atom stereocenters. The SMILES string of the molecule is O=C(NS(=O)(=O)C=Cc1ccc(OC(F)(F)F)cc1)c1ccc(Cl)cc1Cl. The number of ether oxygens (including phenoxy) is 1. The van der Waals surface area contributed by atoms with Crippen LogP contribution >= 0.6 is 23.2 Å². The quantitative estimate of drug-likeness (QED) is 0.737. The first-order valence-electron chi connectivity index (χ1n) is 7.01. The Morgan fingerprint density at radius 3 is 2.26 bits per heavy atom. The monoisotopic (exact) mass is 439 g/mol. The highest BCUT2D eigenvalue weighted by atomic mass is 35.5. The van der Waals surface area contributed by atoms with E-state index in [9.17, 15) is 26.4 Å². The van der Waals surface area contributed by atoms with Gasteiger partial charge in [-0.25, -0.2) is 13.1 Å². The number of hydrogen-bond acceptors (Lipinski definition) is 4. The largest absolute Gasteiger partial charge is 0.573 e. The van der Waals surface area contributed by atoms with Crippen LogP contribution in [0.25, 0.3) is 6.08 Å². The van der Waals surface area contributed by atoms with Crippen LogP contribution in [0.3, 0.4) is 0 Å². The molecule has 1 amide bonds. The number of rotatable bonds is 5. The standard InChI is InChI=1S/C16H10Cl2F3NO4S/c17-11-3-6-13(14(18)9-11)15(23)22-27(24,25)8-7-10-1-4-12(5-2-10)26-16(19,20)21/h1-9H,(H,22,23). The van der Waals surface area contributed by atoms with Crippen molar-refractivity contribution in [3.63, 3.8) is 0 Å². The predicted octanol–water partition coefficient (Wildman–Crippen LogP) is 4.62. The first-order chi connectivity index (χ1) is 12.5. The molecule has 0 spiro atoms. The summed E-state index contributed by atoms with van der Waals surface area (Å²) in [6.07, 6.45) is -3.73. The third kappa shape index (κ3) is 6.78. The van der Waals surface area contributed by atoms with Gasteiger partial charge in [-0.3, -0.25) is 4.79 Å². The molecule has 0 bridgehead atoms. The van der Waals surface area contributed by atoms with Crippen LogP contribution in [0.2, 0.25) is 10.0 Å². The van der Waals surface area contributed by atoms with Gasteiger partial charge in [-0.2, -0.15) is 0 Å². The first-order valence-corrected chi connectivity index (χ1v) is 9.31. The van der Waals surface area contributed by atoms with Crippen LogP contribution < -0.4 is 9.46 Å². The van der Waals surface area contributed by atoms with Crippen molar-refractivity contribution in [1.82, 2.24) is 4.72 Å². The summed E-state index contributed by atoms with van der Waals surface area (Å²) in [7, 11) is -4.18. The number of amides is 1. The van der Waals surface area contributed by atoms with E-state index in [-0.39, 0.29) is 21.2 Å². The minimum absolute atomic E-state index is 0.0283. The molecule has 0 saturated heterocycles. The molecule has 11 heteroatoms. The topological polar surface area (TPSA) is 72.5 Å². The lowest BCUT2D eigenvalue weighted by Gasteiger charge is -2.08. The molecule has 0 aliphatic rings. The molecule has 27 heavy (non-hydrogen) atoms. The minimum Gasteiger partial charge on any atom is -0.406 e. The molecule has 5 nitrogen and oxygen atoms in total. The summed E-state index contributed by atoms with van der Waals surface area (Å²) >= 11 is 11.5. The molecule has 0 aliphatic carbocycles. The third-order valence-corrected chi connectivity index (χ3v) is 4.48. The number of halogens is 5. The van der Waals surface area contributed by atoms with Crippen LogP contribution in [0, 0.1) is 0 Å². The zero-order valence-electron chi connectivity index (χ0n) is 13.1. The van der Waals surface area contributed by atoms with Crippen molar-refractivity contribution in [1.29, 1.82) is 0 Å². The zero-order valence-corrected chi connectivity index (χ0v) is 15.5. The molecular weight excluding hydrogens is 430 g/mol. The highest BCUT2D eigenvalue weighted by Gasteiger charge is 2.30. The van der Waals surface area contributed by atoms with E-state index in [1.165, 1.54) is 30.3 Å². The van der Waals surface area contributed by atoms with E-state index >= 15 is 0 Å². The van der Waals surface area contributed by atoms with Crippen molar-refractivity contribution >= 4 is 45.2 Å². The van der Waals surface area contributed by atoms with Gasteiger partial charge in [0.25, 0.3) is 15.9 Å². The molecule has 1 N–H and O–H groups in total. The fraction of sp³-hybridized carbons (Fsp3) is 0.0625. The summed E-state index contributed by atoms with van der Waals surface area (Å²) in [6, 6.07) is 8.38. The molecule has 144 valence electrons. The lowest BCUT2D eigenvalue weighted by molar-refractivity contribution is -0.274. The van der Waals surface area contributed by atoms with E-state index in [2.05, 4.69) is 4.74 Å². The molecule has 0 radical (unpaired) electrons.